The second kappa shape index (κ2) is 7.04. The average molecular weight is 290 g/mol. The van der Waals surface area contributed by atoms with Gasteiger partial charge in [-0.2, -0.15) is 0 Å². The Kier molecular flexibility index (Phi) is 5.99. The summed E-state index contributed by atoms with van der Waals surface area (Å²) < 4.78 is 36.7. The summed E-state index contributed by atoms with van der Waals surface area (Å²) >= 11 is 0. The molecular formula is C12H22N2O4S. The van der Waals surface area contributed by atoms with Crippen LogP contribution in [0.4, 0.5) is 0 Å². The Morgan fingerprint density at radius 2 is 2.00 bits per heavy atom. The summed E-state index contributed by atoms with van der Waals surface area (Å²) in [6, 6.07) is 3.12. The Bertz CT molecular complexity index is 482. The molecule has 1 heterocycles. The molecule has 0 aliphatic rings. The van der Waals surface area contributed by atoms with Crippen molar-refractivity contribution in [1.29, 1.82) is 0 Å². The van der Waals surface area contributed by atoms with Crippen LogP contribution < -0.4 is 10.0 Å². The third-order valence-electron chi connectivity index (χ3n) is 2.36. The highest BCUT2D eigenvalue weighted by Gasteiger charge is 2.21. The molecule has 0 aromatic carbocycles. The topological polar surface area (TPSA) is 80.6 Å². The monoisotopic (exact) mass is 290 g/mol. The maximum Gasteiger partial charge on any atom is 0.274 e. The molecule has 0 aliphatic heterocycles. The zero-order valence-corrected chi connectivity index (χ0v) is 12.6. The minimum atomic E-state index is -3.62. The lowest BCUT2D eigenvalue weighted by molar-refractivity contribution is 0.180. The molecule has 0 aliphatic carbocycles. The van der Waals surface area contributed by atoms with Crippen molar-refractivity contribution in [1.82, 2.24) is 10.0 Å². The molecule has 1 rings (SSSR count). The van der Waals surface area contributed by atoms with Gasteiger partial charge in [-0.05, 0) is 19.1 Å². The van der Waals surface area contributed by atoms with Crippen LogP contribution in [-0.4, -0.2) is 34.2 Å². The van der Waals surface area contributed by atoms with E-state index in [1.807, 2.05) is 13.8 Å². The first-order valence-corrected chi connectivity index (χ1v) is 7.67. The molecule has 0 spiro atoms. The van der Waals surface area contributed by atoms with Gasteiger partial charge in [0.05, 0.1) is 13.2 Å². The fourth-order valence-corrected chi connectivity index (χ4v) is 2.69. The number of ether oxygens (including phenoxy) is 1. The Balaban J connectivity index is 2.68. The van der Waals surface area contributed by atoms with E-state index < -0.39 is 10.0 Å². The van der Waals surface area contributed by atoms with Crippen molar-refractivity contribution in [3.8, 4) is 0 Å². The van der Waals surface area contributed by atoms with Crippen molar-refractivity contribution in [2.75, 3.05) is 13.7 Å². The number of furan rings is 1. The highest BCUT2D eigenvalue weighted by atomic mass is 32.2. The second-order valence-electron chi connectivity index (χ2n) is 4.73. The number of rotatable bonds is 8. The lowest BCUT2D eigenvalue weighted by atomic mass is 10.3. The van der Waals surface area contributed by atoms with Gasteiger partial charge in [-0.15, -0.1) is 0 Å². The van der Waals surface area contributed by atoms with E-state index in [1.165, 1.54) is 13.2 Å². The average Bonchev–Trinajstić information content (AvgIpc) is 2.75. The SMILES string of the molecule is COCC(C)NS(=O)(=O)c1ccc(CNC(C)C)o1. The predicted octanol–water partition coefficient (Wildman–Crippen LogP) is 1.09. The molecular weight excluding hydrogens is 268 g/mol. The molecule has 2 N–H and O–H groups in total. The molecule has 0 fully saturated rings. The van der Waals surface area contributed by atoms with Gasteiger partial charge in [-0.25, -0.2) is 13.1 Å². The summed E-state index contributed by atoms with van der Waals surface area (Å²) in [5.41, 5.74) is 0. The van der Waals surface area contributed by atoms with Crippen LogP contribution in [0, 0.1) is 0 Å². The number of hydrogen-bond acceptors (Lipinski definition) is 5. The maximum atomic E-state index is 12.0. The van der Waals surface area contributed by atoms with Crippen molar-refractivity contribution < 1.29 is 17.6 Å². The van der Waals surface area contributed by atoms with Crippen molar-refractivity contribution in [3.63, 3.8) is 0 Å². The van der Waals surface area contributed by atoms with Gasteiger partial charge in [0.15, 0.2) is 0 Å². The molecule has 0 radical (unpaired) electrons. The Hall–Kier alpha value is -0.890. The number of sulfonamides is 1. The van der Waals surface area contributed by atoms with Crippen LogP contribution in [-0.2, 0) is 21.3 Å². The summed E-state index contributed by atoms with van der Waals surface area (Å²) in [5.74, 6) is 0.591. The number of nitrogens with one attached hydrogen (secondary N) is 2. The van der Waals surface area contributed by atoms with Crippen molar-refractivity contribution in [2.24, 2.45) is 0 Å². The quantitative estimate of drug-likeness (QED) is 0.749. The standard InChI is InChI=1S/C12H22N2O4S/c1-9(2)13-7-11-5-6-12(18-11)19(15,16)14-10(3)8-17-4/h5-6,9-10,13-14H,7-8H2,1-4H3. The first-order chi connectivity index (χ1) is 8.85. The minimum Gasteiger partial charge on any atom is -0.447 e. The molecule has 110 valence electrons. The molecule has 7 heteroatoms. The van der Waals surface area contributed by atoms with Crippen LogP contribution in [0.2, 0.25) is 0 Å². The van der Waals surface area contributed by atoms with Gasteiger partial charge in [0.2, 0.25) is 5.09 Å². The summed E-state index contributed by atoms with van der Waals surface area (Å²) in [7, 11) is -2.10. The second-order valence-corrected chi connectivity index (χ2v) is 6.38. The predicted molar refractivity (Wildman–Crippen MR) is 72.3 cm³/mol. The largest absolute Gasteiger partial charge is 0.447 e. The van der Waals surface area contributed by atoms with Crippen LogP contribution in [0.3, 0.4) is 0 Å². The van der Waals surface area contributed by atoms with E-state index in [4.69, 9.17) is 9.15 Å². The Morgan fingerprint density at radius 1 is 1.32 bits per heavy atom. The summed E-state index contributed by atoms with van der Waals surface area (Å²) in [5, 5.41) is 3.09. The smallest absolute Gasteiger partial charge is 0.274 e. The highest BCUT2D eigenvalue weighted by molar-refractivity contribution is 7.89. The fraction of sp³-hybridized carbons (Fsp3) is 0.667. The van der Waals surface area contributed by atoms with Crippen molar-refractivity contribution >= 4 is 10.0 Å². The van der Waals surface area contributed by atoms with E-state index in [9.17, 15) is 8.42 Å². The Morgan fingerprint density at radius 3 is 2.58 bits per heavy atom. The molecule has 1 atom stereocenters. The minimum absolute atomic E-state index is 0.0731. The third-order valence-corrected chi connectivity index (χ3v) is 3.82. The van der Waals surface area contributed by atoms with E-state index in [1.54, 1.807) is 13.0 Å². The summed E-state index contributed by atoms with van der Waals surface area (Å²) in [6.45, 7) is 6.55. The lowest BCUT2D eigenvalue weighted by Gasteiger charge is -2.11. The number of hydrogen-bond donors (Lipinski definition) is 2. The zero-order valence-electron chi connectivity index (χ0n) is 11.8. The van der Waals surface area contributed by atoms with Crippen LogP contribution >= 0.6 is 0 Å². The Labute approximate surface area is 114 Å². The van der Waals surface area contributed by atoms with Crippen molar-refractivity contribution in [2.45, 2.75) is 44.5 Å². The summed E-state index contributed by atoms with van der Waals surface area (Å²) in [6.07, 6.45) is 0. The van der Waals surface area contributed by atoms with Gasteiger partial charge in [-0.1, -0.05) is 13.8 Å². The lowest BCUT2D eigenvalue weighted by Crippen LogP contribution is -2.35. The highest BCUT2D eigenvalue weighted by Crippen LogP contribution is 2.14. The van der Waals surface area contributed by atoms with E-state index in [0.29, 0.717) is 25.0 Å². The van der Waals surface area contributed by atoms with Crippen LogP contribution in [0.1, 0.15) is 26.5 Å². The zero-order chi connectivity index (χ0) is 14.5. The maximum absolute atomic E-state index is 12.0. The van der Waals surface area contributed by atoms with Gasteiger partial charge >= 0.3 is 0 Å². The van der Waals surface area contributed by atoms with E-state index in [0.717, 1.165) is 0 Å². The molecule has 0 saturated heterocycles. The van der Waals surface area contributed by atoms with Gasteiger partial charge < -0.3 is 14.5 Å². The van der Waals surface area contributed by atoms with Gasteiger partial charge in [0.25, 0.3) is 10.0 Å². The molecule has 1 aromatic rings. The normalized spacial score (nSPS) is 13.9. The van der Waals surface area contributed by atoms with Crippen LogP contribution in [0.5, 0.6) is 0 Å². The number of methoxy groups -OCH3 is 1. The molecule has 6 nitrogen and oxygen atoms in total. The molecule has 0 saturated carbocycles. The summed E-state index contributed by atoms with van der Waals surface area (Å²) in [4.78, 5) is 0. The van der Waals surface area contributed by atoms with Gasteiger partial charge in [-0.3, -0.25) is 0 Å². The van der Waals surface area contributed by atoms with Crippen LogP contribution in [0.15, 0.2) is 21.6 Å². The molecule has 0 bridgehead atoms. The van der Waals surface area contributed by atoms with Gasteiger partial charge in [0, 0.05) is 19.2 Å². The molecule has 0 amide bonds. The molecule has 19 heavy (non-hydrogen) atoms. The molecule has 1 aromatic heterocycles. The van der Waals surface area contributed by atoms with E-state index in [2.05, 4.69) is 10.0 Å². The van der Waals surface area contributed by atoms with Crippen molar-refractivity contribution in [3.05, 3.63) is 17.9 Å². The molecule has 1 unspecified atom stereocenters. The first-order valence-electron chi connectivity index (χ1n) is 6.18. The van der Waals surface area contributed by atoms with Crippen LogP contribution in [0.25, 0.3) is 0 Å². The van der Waals surface area contributed by atoms with E-state index >= 15 is 0 Å². The third kappa shape index (κ3) is 5.32. The fourth-order valence-electron chi connectivity index (χ4n) is 1.51. The van der Waals surface area contributed by atoms with E-state index in [-0.39, 0.29) is 11.1 Å². The van der Waals surface area contributed by atoms with Gasteiger partial charge in [0.1, 0.15) is 5.76 Å². The first kappa shape index (κ1) is 16.2.